The fourth-order valence-electron chi connectivity index (χ4n) is 13.9. The summed E-state index contributed by atoms with van der Waals surface area (Å²) in [6.07, 6.45) is -3.84. The van der Waals surface area contributed by atoms with Gasteiger partial charge in [-0.3, -0.25) is 24.5 Å². The number of piperidine rings is 2. The van der Waals surface area contributed by atoms with Gasteiger partial charge in [0.05, 0.1) is 34.3 Å². The van der Waals surface area contributed by atoms with Crippen LogP contribution in [0.5, 0.6) is 0 Å². The van der Waals surface area contributed by atoms with E-state index in [4.69, 9.17) is 14.2 Å². The van der Waals surface area contributed by atoms with E-state index in [1.165, 1.54) is 41.2 Å². The second-order valence-corrected chi connectivity index (χ2v) is 27.7. The van der Waals surface area contributed by atoms with E-state index >= 15 is 0 Å². The number of likely N-dealkylation sites (N-methyl/N-ethyl adjacent to an activating group) is 2. The summed E-state index contributed by atoms with van der Waals surface area (Å²) in [5.74, 6) is -1.75. The Kier molecular flexibility index (Phi) is 24.2. The highest BCUT2D eigenvalue weighted by atomic mass is 32.1. The summed E-state index contributed by atoms with van der Waals surface area (Å²) in [4.78, 5) is 81.6. The Hall–Kier alpha value is -7.74. The van der Waals surface area contributed by atoms with Crippen molar-refractivity contribution in [2.75, 3.05) is 119 Å². The molecule has 5 aromatic carbocycles. The molecule has 5 amide bonds. The molecule has 0 unspecified atom stereocenters. The molecule has 526 valence electrons. The minimum Gasteiger partial charge on any atom is -0.446 e. The first-order valence-corrected chi connectivity index (χ1v) is 34.4. The van der Waals surface area contributed by atoms with Gasteiger partial charge in [0.1, 0.15) is 30.9 Å². The van der Waals surface area contributed by atoms with Gasteiger partial charge in [-0.1, -0.05) is 91.3 Å². The highest BCUT2D eigenvalue weighted by molar-refractivity contribution is 7.14. The molecule has 0 bridgehead atoms. The van der Waals surface area contributed by atoms with E-state index in [1.807, 2.05) is 90.8 Å². The number of benzene rings is 5. The summed E-state index contributed by atoms with van der Waals surface area (Å²) >= 11 is 1.47. The van der Waals surface area contributed by atoms with Gasteiger partial charge in [0.15, 0.2) is 0 Å². The maximum Gasteiger partial charge on any atom is 0.416 e. The summed E-state index contributed by atoms with van der Waals surface area (Å²) in [6.45, 7) is 6.22. The zero-order chi connectivity index (χ0) is 69.8. The normalized spacial score (nSPS) is 18.2. The third kappa shape index (κ3) is 18.6. The number of nitrogens with zero attached hydrogens (tertiary/aromatic N) is 7. The number of carbonyl (C=O) groups excluding carboxylic acids is 5. The van der Waals surface area contributed by atoms with Crippen molar-refractivity contribution in [2.24, 2.45) is 0 Å². The molecule has 98 heavy (non-hydrogen) atoms. The van der Waals surface area contributed by atoms with Crippen LogP contribution in [0.25, 0.3) is 11.1 Å². The van der Waals surface area contributed by atoms with Gasteiger partial charge in [0.25, 0.3) is 11.8 Å². The van der Waals surface area contributed by atoms with Gasteiger partial charge in [0, 0.05) is 101 Å². The van der Waals surface area contributed by atoms with Gasteiger partial charge in [-0.05, 0) is 155 Å². The zero-order valence-corrected chi connectivity index (χ0v) is 56.8. The maximum absolute atomic E-state index is 14.2. The van der Waals surface area contributed by atoms with Crippen LogP contribution in [0.1, 0.15) is 117 Å². The van der Waals surface area contributed by atoms with Crippen molar-refractivity contribution in [1.29, 1.82) is 0 Å². The Balaban J connectivity index is 0.605. The fourth-order valence-corrected chi connectivity index (χ4v) is 15.0. The molecule has 4 aliphatic rings. The number of hydrogen-bond donors (Lipinski definition) is 1. The SMILES string of the molecule is CN(CCCCCC(=O)N(C)CCN1CCC(OC(=O)Nc2ccccc2-c2ccccc2)CC1)Cc1ccc(C(=O)N(C)CCCN(C)C(=O)CO[C@H]2Cc3ccccc3C23CCN(CC[C@@]2(c4ccc(F)cc4)CN(C(=O)c4cc(C(F)(F)F)cc(C(F)(F)F)c4)CO2)CC3)s1. The number of amides is 5. The minimum atomic E-state index is -5.15. The third-order valence-electron chi connectivity index (χ3n) is 19.7. The van der Waals surface area contributed by atoms with Crippen molar-refractivity contribution >= 4 is 46.7 Å². The summed E-state index contributed by atoms with van der Waals surface area (Å²) in [6, 6.07) is 35.8. The number of ether oxygens (including phenoxy) is 3. The minimum absolute atomic E-state index is 0.0270. The van der Waals surface area contributed by atoms with Gasteiger partial charge >= 0.3 is 18.4 Å². The van der Waals surface area contributed by atoms with Crippen LogP contribution in [0, 0.1) is 5.82 Å². The molecular weight excluding hydrogens is 1290 g/mol. The smallest absolute Gasteiger partial charge is 0.416 e. The van der Waals surface area contributed by atoms with Crippen LogP contribution < -0.4 is 5.32 Å². The molecule has 16 nitrogen and oxygen atoms in total. The highest BCUT2D eigenvalue weighted by Crippen LogP contribution is 2.49. The number of para-hydroxylation sites is 1. The molecule has 2 atom stereocenters. The number of nitrogens with one attached hydrogen (secondary N) is 1. The summed E-state index contributed by atoms with van der Waals surface area (Å²) in [5, 5.41) is 2.93. The number of halogens is 7. The van der Waals surface area contributed by atoms with E-state index in [-0.39, 0.29) is 55.6 Å². The number of rotatable bonds is 27. The lowest BCUT2D eigenvalue weighted by molar-refractivity contribution is -0.143. The summed E-state index contributed by atoms with van der Waals surface area (Å²) in [7, 11) is 7.41. The lowest BCUT2D eigenvalue weighted by Crippen LogP contribution is -2.50. The Morgan fingerprint density at radius 3 is 2.04 bits per heavy atom. The zero-order valence-electron chi connectivity index (χ0n) is 56.0. The van der Waals surface area contributed by atoms with Crippen molar-refractivity contribution in [1.82, 2.24) is 34.3 Å². The van der Waals surface area contributed by atoms with Crippen LogP contribution in [0.3, 0.4) is 0 Å². The third-order valence-corrected chi connectivity index (χ3v) is 20.8. The quantitative estimate of drug-likeness (QED) is 0.0388. The van der Waals surface area contributed by atoms with E-state index in [1.54, 1.807) is 23.9 Å². The predicted octanol–water partition coefficient (Wildman–Crippen LogP) is 13.1. The Labute approximate surface area is 572 Å². The molecule has 3 fully saturated rings. The average Bonchev–Trinajstić information content (AvgIpc) is 1.59. The number of alkyl halides is 6. The van der Waals surface area contributed by atoms with Crippen LogP contribution in [0.2, 0.25) is 0 Å². The molecule has 1 N–H and O–H groups in total. The van der Waals surface area contributed by atoms with Gasteiger partial charge in [-0.15, -0.1) is 11.3 Å². The Bertz CT molecular complexity index is 3660. The maximum atomic E-state index is 14.2. The molecule has 1 spiro atoms. The van der Waals surface area contributed by atoms with Crippen LogP contribution in [-0.2, 0) is 60.1 Å². The first-order valence-electron chi connectivity index (χ1n) is 33.6. The average molecular weight is 1380 g/mol. The van der Waals surface area contributed by atoms with Crippen molar-refractivity contribution in [2.45, 2.75) is 113 Å². The standard InChI is InChI=1S/C74H87F7N8O8S/c1-83(34-14-6-9-22-66(90)85(3)42-43-87-37-29-59(30-38-87)97-70(94)82-63-21-13-11-19-61(63)52-16-7-5-8-17-52)48-60-27-28-64(98-60)69(93)86(4)36-15-35-84(2)67(91)49-95-65-46-53-18-10-12-20-62(53)71(65)31-39-88(40-32-71)41-33-72(55-23-25-58(75)26-24-55)50-89(51-96-72)68(92)54-44-56(73(76,77)78)47-57(45-54)74(79,80)81/h5,7-8,10-13,16-21,23-28,44-45,47,59,65H,6,9,14-15,22,29-43,46,48-51H2,1-4H3,(H,82,94)/t65-,72-/m0/s1. The predicted molar refractivity (Wildman–Crippen MR) is 361 cm³/mol. The van der Waals surface area contributed by atoms with E-state index in [9.17, 15) is 54.7 Å². The summed E-state index contributed by atoms with van der Waals surface area (Å²) in [5.41, 5.74) is -0.219. The van der Waals surface area contributed by atoms with Gasteiger partial charge in [-0.25, -0.2) is 9.18 Å². The molecule has 0 radical (unpaired) electrons. The Morgan fingerprint density at radius 1 is 0.673 bits per heavy atom. The van der Waals surface area contributed by atoms with Crippen molar-refractivity contribution in [3.8, 4) is 11.1 Å². The molecule has 1 aliphatic carbocycles. The van der Waals surface area contributed by atoms with E-state index in [2.05, 4.69) is 39.2 Å². The fraction of sp³-hybridized carbons (Fsp3) is 0.473. The lowest BCUT2D eigenvalue weighted by Gasteiger charge is -2.44. The number of hydrogen-bond acceptors (Lipinski definition) is 12. The molecule has 4 heterocycles. The van der Waals surface area contributed by atoms with Crippen molar-refractivity contribution in [3.05, 3.63) is 182 Å². The van der Waals surface area contributed by atoms with Gasteiger partial charge < -0.3 is 48.5 Å². The number of thiophene rings is 1. The lowest BCUT2D eigenvalue weighted by atomic mass is 9.72. The molecule has 3 saturated heterocycles. The number of likely N-dealkylation sites (tertiary alicyclic amines) is 2. The number of anilines is 1. The van der Waals surface area contributed by atoms with E-state index in [0.717, 1.165) is 84.8 Å². The summed E-state index contributed by atoms with van der Waals surface area (Å²) < 4.78 is 116. The molecule has 10 rings (SSSR count). The molecular formula is C74H87F7N8O8S. The van der Waals surface area contributed by atoms with Gasteiger partial charge in [0.2, 0.25) is 11.8 Å². The topological polar surface area (TPSA) is 148 Å². The molecule has 3 aliphatic heterocycles. The van der Waals surface area contributed by atoms with E-state index in [0.29, 0.717) is 106 Å². The Morgan fingerprint density at radius 2 is 1.33 bits per heavy atom. The van der Waals surface area contributed by atoms with Crippen molar-refractivity contribution in [3.63, 3.8) is 0 Å². The molecule has 0 saturated carbocycles. The first kappa shape index (κ1) is 73.0. The molecule has 1 aromatic heterocycles. The van der Waals surface area contributed by atoms with Gasteiger partial charge in [-0.2, -0.15) is 26.3 Å². The number of fused-ring (bicyclic) bond motifs is 2. The van der Waals surface area contributed by atoms with Crippen LogP contribution >= 0.6 is 11.3 Å². The first-order chi connectivity index (χ1) is 46.9. The second kappa shape index (κ2) is 32.5. The highest BCUT2D eigenvalue weighted by Gasteiger charge is 2.50. The molecule has 6 aromatic rings. The van der Waals surface area contributed by atoms with E-state index < -0.39 is 64.6 Å². The number of carbonyl (C=O) groups is 5. The number of unbranched alkanes of at least 4 members (excludes halogenated alkanes) is 2. The molecule has 24 heteroatoms. The monoisotopic (exact) mass is 1380 g/mol. The van der Waals surface area contributed by atoms with Crippen LogP contribution in [0.15, 0.2) is 133 Å². The van der Waals surface area contributed by atoms with Crippen molar-refractivity contribution < 1.29 is 68.9 Å². The largest absolute Gasteiger partial charge is 0.446 e. The van der Waals surface area contributed by atoms with Crippen LogP contribution in [0.4, 0.5) is 41.2 Å². The van der Waals surface area contributed by atoms with Crippen LogP contribution in [-0.4, -0.2) is 190 Å². The second-order valence-electron chi connectivity index (χ2n) is 26.5.